The van der Waals surface area contributed by atoms with E-state index in [1.165, 1.54) is 0 Å². The molecule has 0 fully saturated rings. The number of benzene rings is 4. The van der Waals surface area contributed by atoms with Gasteiger partial charge in [0.1, 0.15) is 12.2 Å². The van der Waals surface area contributed by atoms with Crippen molar-refractivity contribution in [3.05, 3.63) is 111 Å². The monoisotopic (exact) mass is 440 g/mol. The van der Waals surface area contributed by atoms with E-state index in [1.54, 1.807) is 12.1 Å². The van der Waals surface area contributed by atoms with E-state index in [1.807, 2.05) is 62.4 Å². The molecule has 0 saturated heterocycles. The lowest BCUT2D eigenvalue weighted by Gasteiger charge is -2.14. The normalized spacial score (nSPS) is 11.2. The standard InChI is InChI=1S/C28H21ClO3/c1-17-14-24-25(15-18(17)2)32-27(20-10-12-22(29)13-11-20)28(26(24)30)31-16-21-8-5-7-19-6-3-4-9-23(19)21/h3-15H,16H2,1-2H3. The van der Waals surface area contributed by atoms with Gasteiger partial charge in [0.25, 0.3) is 0 Å². The molecule has 0 aliphatic heterocycles. The second-order valence-electron chi connectivity index (χ2n) is 7.96. The number of rotatable bonds is 4. The molecule has 1 aromatic heterocycles. The van der Waals surface area contributed by atoms with E-state index in [-0.39, 0.29) is 17.8 Å². The SMILES string of the molecule is Cc1cc2oc(-c3ccc(Cl)cc3)c(OCc3cccc4ccccc34)c(=O)c2cc1C. The molecule has 0 radical (unpaired) electrons. The topological polar surface area (TPSA) is 39.4 Å². The maximum Gasteiger partial charge on any atom is 0.235 e. The molecule has 0 atom stereocenters. The molecule has 0 bridgehead atoms. The van der Waals surface area contributed by atoms with Gasteiger partial charge in [-0.05, 0) is 77.7 Å². The highest BCUT2D eigenvalue weighted by Gasteiger charge is 2.19. The molecule has 0 N–H and O–H groups in total. The number of hydrogen-bond donors (Lipinski definition) is 0. The lowest BCUT2D eigenvalue weighted by atomic mass is 10.0. The smallest absolute Gasteiger partial charge is 0.235 e. The molecular formula is C28H21ClO3. The number of halogens is 1. The van der Waals surface area contributed by atoms with Gasteiger partial charge in [-0.3, -0.25) is 4.79 Å². The first-order valence-corrected chi connectivity index (χ1v) is 10.8. The second-order valence-corrected chi connectivity index (χ2v) is 8.39. The van der Waals surface area contributed by atoms with Gasteiger partial charge < -0.3 is 9.15 Å². The van der Waals surface area contributed by atoms with Crippen LogP contribution in [0.4, 0.5) is 0 Å². The highest BCUT2D eigenvalue weighted by atomic mass is 35.5. The third kappa shape index (κ3) is 3.65. The quantitative estimate of drug-likeness (QED) is 0.291. The van der Waals surface area contributed by atoms with E-state index < -0.39 is 0 Å². The summed E-state index contributed by atoms with van der Waals surface area (Å²) in [5, 5.41) is 3.35. The van der Waals surface area contributed by atoms with Crippen molar-refractivity contribution in [2.45, 2.75) is 20.5 Å². The van der Waals surface area contributed by atoms with Crippen LogP contribution in [0.25, 0.3) is 33.1 Å². The van der Waals surface area contributed by atoms with Crippen molar-refractivity contribution in [2.75, 3.05) is 0 Å². The Bertz CT molecular complexity index is 1510. The summed E-state index contributed by atoms with van der Waals surface area (Å²) in [5.41, 5.74) is 4.19. The summed E-state index contributed by atoms with van der Waals surface area (Å²) in [4.78, 5) is 13.5. The summed E-state index contributed by atoms with van der Waals surface area (Å²) in [6.07, 6.45) is 0. The molecule has 4 aromatic carbocycles. The van der Waals surface area contributed by atoms with Crippen LogP contribution >= 0.6 is 11.6 Å². The average Bonchev–Trinajstić information content (AvgIpc) is 2.80. The minimum Gasteiger partial charge on any atom is -0.481 e. The molecular weight excluding hydrogens is 420 g/mol. The van der Waals surface area contributed by atoms with Crippen LogP contribution in [0.3, 0.4) is 0 Å². The predicted molar refractivity (Wildman–Crippen MR) is 131 cm³/mol. The van der Waals surface area contributed by atoms with Gasteiger partial charge in [-0.2, -0.15) is 0 Å². The third-order valence-corrected chi connectivity index (χ3v) is 6.08. The molecule has 0 aliphatic rings. The number of hydrogen-bond acceptors (Lipinski definition) is 3. The van der Waals surface area contributed by atoms with Crippen LogP contribution in [0.15, 0.2) is 88.1 Å². The molecule has 0 saturated carbocycles. The largest absolute Gasteiger partial charge is 0.481 e. The Kier molecular flexibility index (Phi) is 5.20. The van der Waals surface area contributed by atoms with Crippen LogP contribution < -0.4 is 10.2 Å². The van der Waals surface area contributed by atoms with Gasteiger partial charge in [-0.15, -0.1) is 0 Å². The zero-order chi connectivity index (χ0) is 22.2. The Labute approximate surface area is 190 Å². The minimum atomic E-state index is -0.181. The van der Waals surface area contributed by atoms with Gasteiger partial charge in [-0.25, -0.2) is 0 Å². The molecule has 0 unspecified atom stereocenters. The van der Waals surface area contributed by atoms with E-state index in [0.717, 1.165) is 33.0 Å². The summed E-state index contributed by atoms with van der Waals surface area (Å²) >= 11 is 6.08. The molecule has 4 heteroatoms. The Balaban J connectivity index is 1.66. The minimum absolute atomic E-state index is 0.181. The molecule has 5 rings (SSSR count). The Morgan fingerprint density at radius 3 is 2.38 bits per heavy atom. The second kappa shape index (κ2) is 8.18. The summed E-state index contributed by atoms with van der Waals surface area (Å²) in [6.45, 7) is 4.24. The summed E-state index contributed by atoms with van der Waals surface area (Å²) in [7, 11) is 0. The average molecular weight is 441 g/mol. The Morgan fingerprint density at radius 1 is 0.844 bits per heavy atom. The first kappa shape index (κ1) is 20.3. The lowest BCUT2D eigenvalue weighted by Crippen LogP contribution is -2.11. The van der Waals surface area contributed by atoms with Crippen LogP contribution in [-0.4, -0.2) is 0 Å². The first-order valence-electron chi connectivity index (χ1n) is 10.4. The van der Waals surface area contributed by atoms with Crippen molar-refractivity contribution in [3.8, 4) is 17.1 Å². The number of fused-ring (bicyclic) bond motifs is 2. The Hall–Kier alpha value is -3.56. The van der Waals surface area contributed by atoms with Gasteiger partial charge in [0.2, 0.25) is 11.2 Å². The maximum atomic E-state index is 13.5. The highest BCUT2D eigenvalue weighted by Crippen LogP contribution is 2.33. The molecule has 0 aliphatic carbocycles. The molecule has 158 valence electrons. The van der Waals surface area contributed by atoms with Crippen molar-refractivity contribution in [2.24, 2.45) is 0 Å². The summed E-state index contributed by atoms with van der Waals surface area (Å²) < 4.78 is 12.4. The fourth-order valence-electron chi connectivity index (χ4n) is 3.92. The van der Waals surface area contributed by atoms with E-state index in [4.69, 9.17) is 20.8 Å². The van der Waals surface area contributed by atoms with E-state index >= 15 is 0 Å². The van der Waals surface area contributed by atoms with Crippen molar-refractivity contribution in [1.29, 1.82) is 0 Å². The molecule has 5 aromatic rings. The lowest BCUT2D eigenvalue weighted by molar-refractivity contribution is 0.299. The van der Waals surface area contributed by atoms with Gasteiger partial charge >= 0.3 is 0 Å². The van der Waals surface area contributed by atoms with Crippen molar-refractivity contribution in [3.63, 3.8) is 0 Å². The summed E-state index contributed by atoms with van der Waals surface area (Å²) in [6, 6.07) is 25.2. The van der Waals surface area contributed by atoms with Crippen molar-refractivity contribution < 1.29 is 9.15 Å². The van der Waals surface area contributed by atoms with Gasteiger partial charge in [0.15, 0.2) is 5.76 Å². The van der Waals surface area contributed by atoms with Gasteiger partial charge in [0, 0.05) is 10.6 Å². The maximum absolute atomic E-state index is 13.5. The molecule has 0 spiro atoms. The predicted octanol–water partition coefficient (Wildman–Crippen LogP) is 7.46. The molecule has 32 heavy (non-hydrogen) atoms. The van der Waals surface area contributed by atoms with E-state index in [2.05, 4.69) is 18.2 Å². The van der Waals surface area contributed by atoms with Crippen LogP contribution in [0.2, 0.25) is 5.02 Å². The molecule has 3 nitrogen and oxygen atoms in total. The molecule has 1 heterocycles. The zero-order valence-corrected chi connectivity index (χ0v) is 18.6. The fraction of sp³-hybridized carbons (Fsp3) is 0.107. The van der Waals surface area contributed by atoms with Gasteiger partial charge in [0.05, 0.1) is 5.39 Å². The third-order valence-electron chi connectivity index (χ3n) is 5.82. The highest BCUT2D eigenvalue weighted by molar-refractivity contribution is 6.30. The fourth-order valence-corrected chi connectivity index (χ4v) is 4.05. The molecule has 0 amide bonds. The zero-order valence-electron chi connectivity index (χ0n) is 17.8. The first-order chi connectivity index (χ1) is 15.5. The van der Waals surface area contributed by atoms with Crippen molar-refractivity contribution in [1.82, 2.24) is 0 Å². The van der Waals surface area contributed by atoms with Crippen LogP contribution in [0.1, 0.15) is 16.7 Å². The number of ether oxygens (including phenoxy) is 1. The van der Waals surface area contributed by atoms with E-state index in [9.17, 15) is 4.79 Å². The van der Waals surface area contributed by atoms with Crippen LogP contribution in [0, 0.1) is 13.8 Å². The Morgan fingerprint density at radius 2 is 1.56 bits per heavy atom. The van der Waals surface area contributed by atoms with Crippen LogP contribution in [-0.2, 0) is 6.61 Å². The van der Waals surface area contributed by atoms with E-state index in [0.29, 0.717) is 21.8 Å². The number of aryl methyl sites for hydroxylation is 2. The summed E-state index contributed by atoms with van der Waals surface area (Å²) in [5.74, 6) is 0.610. The van der Waals surface area contributed by atoms with Gasteiger partial charge in [-0.1, -0.05) is 54.1 Å². The van der Waals surface area contributed by atoms with Crippen LogP contribution in [0.5, 0.6) is 5.75 Å². The van der Waals surface area contributed by atoms with Crippen molar-refractivity contribution >= 4 is 33.3 Å².